The van der Waals surface area contributed by atoms with E-state index in [1.54, 1.807) is 22.9 Å². The standard InChI is InChI=1S/C20H22N4O2S/c25-18(23-10-1-2-11-23)14-15-5-7-16(8-6-15)22-20(26)24-12-13-27-19-17(24)4-3-9-21-19/h3-9H,1-2,10-14H2,(H,22,26). The van der Waals surface area contributed by atoms with E-state index in [4.69, 9.17) is 0 Å². The van der Waals surface area contributed by atoms with E-state index in [0.717, 1.165) is 53.6 Å². The quantitative estimate of drug-likeness (QED) is 0.884. The second kappa shape index (κ2) is 8.00. The summed E-state index contributed by atoms with van der Waals surface area (Å²) in [5.41, 5.74) is 2.54. The maximum Gasteiger partial charge on any atom is 0.326 e. The fraction of sp³-hybridized carbons (Fsp3) is 0.350. The Labute approximate surface area is 162 Å². The van der Waals surface area contributed by atoms with Crippen LogP contribution in [-0.4, -0.2) is 47.2 Å². The van der Waals surface area contributed by atoms with Crippen molar-refractivity contribution < 1.29 is 9.59 Å². The zero-order valence-corrected chi connectivity index (χ0v) is 15.9. The minimum atomic E-state index is -0.162. The van der Waals surface area contributed by atoms with Gasteiger partial charge >= 0.3 is 6.03 Å². The molecule has 0 bridgehead atoms. The molecule has 2 aromatic rings. The molecule has 2 aliphatic heterocycles. The smallest absolute Gasteiger partial charge is 0.326 e. The van der Waals surface area contributed by atoms with E-state index in [1.165, 1.54) is 0 Å². The highest BCUT2D eigenvalue weighted by atomic mass is 32.2. The second-order valence-electron chi connectivity index (χ2n) is 6.72. The number of benzene rings is 1. The number of aromatic nitrogens is 1. The lowest BCUT2D eigenvalue weighted by Crippen LogP contribution is -2.38. The number of urea groups is 1. The summed E-state index contributed by atoms with van der Waals surface area (Å²) in [7, 11) is 0. The third-order valence-electron chi connectivity index (χ3n) is 4.86. The second-order valence-corrected chi connectivity index (χ2v) is 7.80. The van der Waals surface area contributed by atoms with Gasteiger partial charge in [-0.25, -0.2) is 9.78 Å². The lowest BCUT2D eigenvalue weighted by atomic mass is 10.1. The van der Waals surface area contributed by atoms with Gasteiger partial charge in [-0.05, 0) is 42.7 Å². The van der Waals surface area contributed by atoms with E-state index >= 15 is 0 Å². The molecule has 0 aliphatic carbocycles. The minimum absolute atomic E-state index is 0.162. The van der Waals surface area contributed by atoms with Crippen LogP contribution in [0.25, 0.3) is 0 Å². The van der Waals surface area contributed by atoms with Gasteiger partial charge in [-0.15, -0.1) is 11.8 Å². The first-order valence-corrected chi connectivity index (χ1v) is 10.2. The number of amides is 3. The van der Waals surface area contributed by atoms with Crippen molar-refractivity contribution in [3.8, 4) is 0 Å². The van der Waals surface area contributed by atoms with Crippen LogP contribution in [0.4, 0.5) is 16.2 Å². The van der Waals surface area contributed by atoms with Gasteiger partial charge in [0.05, 0.1) is 12.1 Å². The molecule has 0 saturated carbocycles. The van der Waals surface area contributed by atoms with Crippen LogP contribution in [0.2, 0.25) is 0 Å². The summed E-state index contributed by atoms with van der Waals surface area (Å²) in [5, 5.41) is 3.83. The Kier molecular flexibility index (Phi) is 5.29. The normalized spacial score (nSPS) is 16.1. The zero-order valence-electron chi connectivity index (χ0n) is 15.1. The van der Waals surface area contributed by atoms with Gasteiger partial charge in [0.2, 0.25) is 5.91 Å². The number of hydrogen-bond acceptors (Lipinski definition) is 4. The highest BCUT2D eigenvalue weighted by molar-refractivity contribution is 7.99. The molecule has 1 aromatic heterocycles. The number of hydrogen-bond donors (Lipinski definition) is 1. The predicted octanol–water partition coefficient (Wildman–Crippen LogP) is 3.39. The number of carbonyl (C=O) groups excluding carboxylic acids is 2. The van der Waals surface area contributed by atoms with Gasteiger partial charge in [-0.1, -0.05) is 12.1 Å². The molecule has 0 spiro atoms. The molecular formula is C20H22N4O2S. The predicted molar refractivity (Wildman–Crippen MR) is 107 cm³/mol. The molecule has 1 N–H and O–H groups in total. The highest BCUT2D eigenvalue weighted by Gasteiger charge is 2.23. The average molecular weight is 382 g/mol. The monoisotopic (exact) mass is 382 g/mol. The van der Waals surface area contributed by atoms with Gasteiger partial charge in [0.15, 0.2) is 0 Å². The third kappa shape index (κ3) is 4.08. The van der Waals surface area contributed by atoms with Crippen molar-refractivity contribution in [1.29, 1.82) is 0 Å². The zero-order chi connectivity index (χ0) is 18.6. The van der Waals surface area contributed by atoms with Gasteiger partial charge in [0, 0.05) is 37.3 Å². The highest BCUT2D eigenvalue weighted by Crippen LogP contribution is 2.32. The van der Waals surface area contributed by atoms with Crippen LogP contribution in [0.3, 0.4) is 0 Å². The maximum absolute atomic E-state index is 12.7. The van der Waals surface area contributed by atoms with Crippen molar-refractivity contribution in [3.63, 3.8) is 0 Å². The summed E-state index contributed by atoms with van der Waals surface area (Å²) in [6.45, 7) is 2.40. The van der Waals surface area contributed by atoms with E-state index in [-0.39, 0.29) is 11.9 Å². The van der Waals surface area contributed by atoms with Crippen LogP contribution in [0.15, 0.2) is 47.6 Å². The molecule has 7 heteroatoms. The maximum atomic E-state index is 12.7. The van der Waals surface area contributed by atoms with E-state index in [9.17, 15) is 9.59 Å². The number of nitrogens with zero attached hydrogens (tertiary/aromatic N) is 3. The number of rotatable bonds is 3. The summed E-state index contributed by atoms with van der Waals surface area (Å²) < 4.78 is 0. The molecule has 1 fully saturated rings. The number of fused-ring (bicyclic) bond motifs is 1. The van der Waals surface area contributed by atoms with Crippen molar-refractivity contribution in [3.05, 3.63) is 48.2 Å². The molecule has 0 radical (unpaired) electrons. The van der Waals surface area contributed by atoms with Crippen molar-refractivity contribution in [1.82, 2.24) is 9.88 Å². The number of nitrogens with one attached hydrogen (secondary N) is 1. The molecule has 3 heterocycles. The lowest BCUT2D eigenvalue weighted by molar-refractivity contribution is -0.129. The Morgan fingerprint density at radius 3 is 2.63 bits per heavy atom. The average Bonchev–Trinajstić information content (AvgIpc) is 3.24. The largest absolute Gasteiger partial charge is 0.342 e. The Hall–Kier alpha value is -2.54. The summed E-state index contributed by atoms with van der Waals surface area (Å²) in [5.74, 6) is 1.01. The fourth-order valence-electron chi connectivity index (χ4n) is 3.41. The molecule has 6 nitrogen and oxygen atoms in total. The van der Waals surface area contributed by atoms with Crippen LogP contribution in [0, 0.1) is 0 Å². The van der Waals surface area contributed by atoms with Crippen molar-refractivity contribution in [2.24, 2.45) is 0 Å². The number of likely N-dealkylation sites (tertiary alicyclic amines) is 1. The number of carbonyl (C=O) groups is 2. The van der Waals surface area contributed by atoms with Gasteiger partial charge in [-0.2, -0.15) is 0 Å². The Bertz CT molecular complexity index is 834. The first-order valence-electron chi connectivity index (χ1n) is 9.24. The van der Waals surface area contributed by atoms with Crippen molar-refractivity contribution >= 4 is 35.1 Å². The molecule has 0 unspecified atom stereocenters. The molecule has 2 aliphatic rings. The molecular weight excluding hydrogens is 360 g/mol. The first-order chi connectivity index (χ1) is 13.2. The van der Waals surface area contributed by atoms with Crippen LogP contribution >= 0.6 is 11.8 Å². The number of thioether (sulfide) groups is 1. The summed E-state index contributed by atoms with van der Waals surface area (Å²) in [4.78, 5) is 32.9. The van der Waals surface area contributed by atoms with Gasteiger partial charge in [-0.3, -0.25) is 9.69 Å². The Morgan fingerprint density at radius 2 is 1.85 bits per heavy atom. The fourth-order valence-corrected chi connectivity index (χ4v) is 4.34. The van der Waals surface area contributed by atoms with Crippen molar-refractivity contribution in [2.75, 3.05) is 35.6 Å². The van der Waals surface area contributed by atoms with Gasteiger partial charge < -0.3 is 10.2 Å². The Morgan fingerprint density at radius 1 is 1.07 bits per heavy atom. The summed E-state index contributed by atoms with van der Waals surface area (Å²) in [6.07, 6.45) is 4.36. The Balaban J connectivity index is 1.38. The molecule has 0 atom stereocenters. The van der Waals surface area contributed by atoms with Gasteiger partial charge in [0.1, 0.15) is 5.03 Å². The third-order valence-corrected chi connectivity index (χ3v) is 5.83. The van der Waals surface area contributed by atoms with Gasteiger partial charge in [0.25, 0.3) is 0 Å². The topological polar surface area (TPSA) is 65.5 Å². The van der Waals surface area contributed by atoms with E-state index in [0.29, 0.717) is 13.0 Å². The minimum Gasteiger partial charge on any atom is -0.342 e. The number of anilines is 2. The van der Waals surface area contributed by atoms with E-state index in [2.05, 4.69) is 10.3 Å². The van der Waals surface area contributed by atoms with Crippen LogP contribution in [0.1, 0.15) is 18.4 Å². The summed E-state index contributed by atoms with van der Waals surface area (Å²) in [6, 6.07) is 11.1. The van der Waals surface area contributed by atoms with E-state index in [1.807, 2.05) is 41.3 Å². The van der Waals surface area contributed by atoms with Crippen molar-refractivity contribution in [2.45, 2.75) is 24.3 Å². The van der Waals surface area contributed by atoms with Crippen LogP contribution in [-0.2, 0) is 11.2 Å². The number of pyridine rings is 1. The van der Waals surface area contributed by atoms with Crippen LogP contribution < -0.4 is 10.2 Å². The molecule has 1 aromatic carbocycles. The molecule has 4 rings (SSSR count). The molecule has 27 heavy (non-hydrogen) atoms. The molecule has 1 saturated heterocycles. The van der Waals surface area contributed by atoms with Crippen LogP contribution in [0.5, 0.6) is 0 Å². The summed E-state index contributed by atoms with van der Waals surface area (Å²) >= 11 is 1.67. The SMILES string of the molecule is O=C(Cc1ccc(NC(=O)N2CCSc3ncccc32)cc1)N1CCCC1. The first kappa shape index (κ1) is 17.9. The van der Waals surface area contributed by atoms with E-state index < -0.39 is 0 Å². The molecule has 3 amide bonds. The lowest BCUT2D eigenvalue weighted by Gasteiger charge is -2.28. The molecule has 140 valence electrons.